The fourth-order valence-corrected chi connectivity index (χ4v) is 3.96. The number of thiophene rings is 1. The number of carbonyl (C=O) groups is 1. The van der Waals surface area contributed by atoms with E-state index in [1.807, 2.05) is 6.92 Å². The van der Waals surface area contributed by atoms with Gasteiger partial charge in [0.2, 0.25) is 0 Å². The Bertz CT molecular complexity index is 515. The van der Waals surface area contributed by atoms with Gasteiger partial charge in [0.25, 0.3) is 0 Å². The predicted octanol–water partition coefficient (Wildman–Crippen LogP) is 2.61. The summed E-state index contributed by atoms with van der Waals surface area (Å²) in [6.07, 6.45) is 0.0967. The van der Waals surface area contributed by atoms with Crippen molar-refractivity contribution >= 4 is 17.4 Å². The molecule has 0 radical (unpaired) electrons. The van der Waals surface area contributed by atoms with Crippen LogP contribution in [0.2, 0.25) is 0 Å². The molecule has 2 N–H and O–H groups in total. The lowest BCUT2D eigenvalue weighted by Crippen LogP contribution is -2.53. The second kappa shape index (κ2) is 7.44. The van der Waals surface area contributed by atoms with Crippen molar-refractivity contribution in [3.05, 3.63) is 21.4 Å². The molecule has 1 aliphatic rings. The highest BCUT2D eigenvalue weighted by atomic mass is 32.1. The molecule has 5 nitrogen and oxygen atoms in total. The Morgan fingerprint density at radius 1 is 1.55 bits per heavy atom. The minimum Gasteiger partial charge on any atom is -0.393 e. The highest BCUT2D eigenvalue weighted by Crippen LogP contribution is 2.26. The van der Waals surface area contributed by atoms with Crippen molar-refractivity contribution in [2.75, 3.05) is 19.8 Å². The fraction of sp³-hybridized carbons (Fsp3) is 0.688. The van der Waals surface area contributed by atoms with Crippen LogP contribution in [0.1, 0.15) is 41.6 Å². The summed E-state index contributed by atoms with van der Waals surface area (Å²) in [5.41, 5.74) is 1.18. The third-order valence-corrected chi connectivity index (χ3v) is 4.97. The van der Waals surface area contributed by atoms with Gasteiger partial charge in [0.1, 0.15) is 0 Å². The first-order valence-electron chi connectivity index (χ1n) is 7.78. The van der Waals surface area contributed by atoms with Crippen LogP contribution in [0, 0.1) is 13.8 Å². The quantitative estimate of drug-likeness (QED) is 0.894. The topological polar surface area (TPSA) is 61.8 Å². The summed E-state index contributed by atoms with van der Waals surface area (Å²) in [5, 5.41) is 12.7. The van der Waals surface area contributed by atoms with Crippen molar-refractivity contribution < 1.29 is 14.6 Å². The van der Waals surface area contributed by atoms with Gasteiger partial charge in [0, 0.05) is 16.3 Å². The van der Waals surface area contributed by atoms with Gasteiger partial charge in [-0.1, -0.05) is 0 Å². The van der Waals surface area contributed by atoms with Gasteiger partial charge in [-0.25, -0.2) is 4.79 Å². The average Bonchev–Trinajstić information content (AvgIpc) is 2.77. The maximum atomic E-state index is 12.6. The molecule has 1 saturated heterocycles. The number of aliphatic hydroxyl groups is 1. The van der Waals surface area contributed by atoms with Crippen LogP contribution in [-0.2, 0) is 4.74 Å². The summed E-state index contributed by atoms with van der Waals surface area (Å²) < 4.78 is 5.44. The van der Waals surface area contributed by atoms with E-state index in [2.05, 4.69) is 25.2 Å². The number of nitrogens with zero attached hydrogens (tertiary/aromatic N) is 1. The molecular formula is C16H26N2O3S. The number of rotatable bonds is 4. The number of hydrogen-bond acceptors (Lipinski definition) is 4. The van der Waals surface area contributed by atoms with E-state index >= 15 is 0 Å². The molecular weight excluding hydrogens is 300 g/mol. The molecule has 2 amide bonds. The molecule has 1 aliphatic heterocycles. The number of aryl methyl sites for hydroxylation is 2. The van der Waals surface area contributed by atoms with Crippen LogP contribution in [0.25, 0.3) is 0 Å². The Hall–Kier alpha value is -1.11. The number of urea groups is 1. The molecule has 124 valence electrons. The van der Waals surface area contributed by atoms with E-state index in [4.69, 9.17) is 4.74 Å². The normalized spacial score (nSPS) is 21.5. The zero-order valence-electron chi connectivity index (χ0n) is 13.8. The first-order valence-corrected chi connectivity index (χ1v) is 8.60. The van der Waals surface area contributed by atoms with Crippen molar-refractivity contribution in [3.63, 3.8) is 0 Å². The van der Waals surface area contributed by atoms with Crippen LogP contribution >= 0.6 is 11.3 Å². The highest BCUT2D eigenvalue weighted by Gasteiger charge is 2.29. The Morgan fingerprint density at radius 3 is 2.86 bits per heavy atom. The molecule has 6 heteroatoms. The van der Waals surface area contributed by atoms with Gasteiger partial charge in [-0.05, 0) is 45.7 Å². The Kier molecular flexibility index (Phi) is 5.83. The summed E-state index contributed by atoms with van der Waals surface area (Å²) >= 11 is 1.75. The van der Waals surface area contributed by atoms with Gasteiger partial charge in [0.15, 0.2) is 0 Å². The summed E-state index contributed by atoms with van der Waals surface area (Å²) in [4.78, 5) is 16.9. The molecule has 2 heterocycles. The molecule has 1 aromatic heterocycles. The van der Waals surface area contributed by atoms with Crippen LogP contribution in [0.4, 0.5) is 4.79 Å². The van der Waals surface area contributed by atoms with Gasteiger partial charge in [0.05, 0.1) is 31.4 Å². The molecule has 0 aliphatic carbocycles. The third kappa shape index (κ3) is 4.21. The molecule has 2 rings (SSSR count). The lowest BCUT2D eigenvalue weighted by molar-refractivity contribution is -0.00474. The van der Waals surface area contributed by atoms with Crippen LogP contribution in [-0.4, -0.2) is 47.9 Å². The van der Waals surface area contributed by atoms with Gasteiger partial charge in [-0.15, -0.1) is 11.3 Å². The monoisotopic (exact) mass is 326 g/mol. The molecule has 0 aromatic carbocycles. The summed E-state index contributed by atoms with van der Waals surface area (Å²) in [6, 6.07) is 1.97. The van der Waals surface area contributed by atoms with Crippen molar-refractivity contribution in [1.82, 2.24) is 10.2 Å². The molecule has 1 fully saturated rings. The van der Waals surface area contributed by atoms with Crippen LogP contribution < -0.4 is 5.32 Å². The number of ether oxygens (including phenoxy) is 1. The zero-order valence-corrected chi connectivity index (χ0v) is 14.6. The lowest BCUT2D eigenvalue weighted by atomic mass is 10.1. The SMILES string of the molecule is Cc1cc(C(C)NC(=O)N2CCOCC2CC(C)O)c(C)s1. The number of amides is 2. The highest BCUT2D eigenvalue weighted by molar-refractivity contribution is 7.12. The lowest BCUT2D eigenvalue weighted by Gasteiger charge is -2.37. The number of hydrogen-bond donors (Lipinski definition) is 2. The Morgan fingerprint density at radius 2 is 2.27 bits per heavy atom. The van der Waals surface area contributed by atoms with E-state index in [1.54, 1.807) is 23.2 Å². The fourth-order valence-electron chi connectivity index (χ4n) is 2.94. The van der Waals surface area contributed by atoms with Crippen LogP contribution in [0.5, 0.6) is 0 Å². The van der Waals surface area contributed by atoms with Crippen molar-refractivity contribution in [2.24, 2.45) is 0 Å². The van der Waals surface area contributed by atoms with Crippen LogP contribution in [0.15, 0.2) is 6.07 Å². The minimum atomic E-state index is -0.443. The molecule has 1 aromatic rings. The van der Waals surface area contributed by atoms with Gasteiger partial charge >= 0.3 is 6.03 Å². The van der Waals surface area contributed by atoms with Gasteiger partial charge in [-0.2, -0.15) is 0 Å². The van der Waals surface area contributed by atoms with E-state index < -0.39 is 6.10 Å². The largest absolute Gasteiger partial charge is 0.393 e. The van der Waals surface area contributed by atoms with Crippen LogP contribution in [0.3, 0.4) is 0 Å². The van der Waals surface area contributed by atoms with Crippen molar-refractivity contribution in [3.8, 4) is 0 Å². The molecule has 0 saturated carbocycles. The maximum Gasteiger partial charge on any atom is 0.318 e. The zero-order chi connectivity index (χ0) is 16.3. The molecule has 3 unspecified atom stereocenters. The Balaban J connectivity index is 2.01. The Labute approximate surface area is 136 Å². The molecule has 0 bridgehead atoms. The molecule has 0 spiro atoms. The number of aliphatic hydroxyl groups excluding tert-OH is 1. The standard InChI is InChI=1S/C16H26N2O3S/c1-10(19)7-14-9-21-6-5-18(14)16(20)17-12(3)15-8-11(2)22-13(15)4/h8,10,12,14,19H,5-7,9H2,1-4H3,(H,17,20). The smallest absolute Gasteiger partial charge is 0.318 e. The number of carbonyl (C=O) groups excluding carboxylic acids is 1. The van der Waals surface area contributed by atoms with Crippen molar-refractivity contribution in [2.45, 2.75) is 52.3 Å². The number of nitrogens with one attached hydrogen (secondary N) is 1. The van der Waals surface area contributed by atoms with Gasteiger partial charge < -0.3 is 20.1 Å². The first kappa shape index (κ1) is 17.2. The van der Waals surface area contributed by atoms with Gasteiger partial charge in [-0.3, -0.25) is 0 Å². The van der Waals surface area contributed by atoms with Crippen molar-refractivity contribution in [1.29, 1.82) is 0 Å². The van der Waals surface area contributed by atoms with E-state index in [9.17, 15) is 9.90 Å². The summed E-state index contributed by atoms with van der Waals surface area (Å²) in [5.74, 6) is 0. The van der Waals surface area contributed by atoms with E-state index in [0.717, 1.165) is 0 Å². The third-order valence-electron chi connectivity index (χ3n) is 3.99. The molecule has 3 atom stereocenters. The maximum absolute atomic E-state index is 12.6. The van der Waals surface area contributed by atoms with E-state index in [1.165, 1.54) is 15.3 Å². The minimum absolute atomic E-state index is 0.0208. The first-order chi connectivity index (χ1) is 10.4. The second-order valence-electron chi connectivity index (χ2n) is 6.05. The molecule has 22 heavy (non-hydrogen) atoms. The summed E-state index contributed by atoms with van der Waals surface area (Å²) in [7, 11) is 0. The number of morpholine rings is 1. The average molecular weight is 326 g/mol. The van der Waals surface area contributed by atoms with E-state index in [-0.39, 0.29) is 18.1 Å². The van der Waals surface area contributed by atoms with E-state index in [0.29, 0.717) is 26.2 Å². The second-order valence-corrected chi connectivity index (χ2v) is 7.51. The predicted molar refractivity (Wildman–Crippen MR) is 88.4 cm³/mol. The summed E-state index contributed by atoms with van der Waals surface area (Å²) in [6.45, 7) is 9.52.